The quantitative estimate of drug-likeness (QED) is 0.609. The van der Waals surface area contributed by atoms with Crippen molar-refractivity contribution in [2.75, 3.05) is 39.8 Å². The fourth-order valence-electron chi connectivity index (χ4n) is 1.60. The Kier molecular flexibility index (Phi) is 3.95. The van der Waals surface area contributed by atoms with Crippen molar-refractivity contribution >= 4 is 5.78 Å². The van der Waals surface area contributed by atoms with Crippen LogP contribution in [0.1, 0.15) is 6.92 Å². The molecule has 0 aromatic heterocycles. The van der Waals surface area contributed by atoms with E-state index in [1.54, 1.807) is 14.0 Å². The van der Waals surface area contributed by atoms with E-state index in [0.29, 0.717) is 12.4 Å². The van der Waals surface area contributed by atoms with Crippen molar-refractivity contribution in [2.45, 2.75) is 6.92 Å². The highest BCUT2D eigenvalue weighted by Gasteiger charge is 2.18. The highest BCUT2D eigenvalue weighted by atomic mass is 16.5. The van der Waals surface area contributed by atoms with Crippen molar-refractivity contribution in [3.05, 3.63) is 12.5 Å². The highest BCUT2D eigenvalue weighted by Crippen LogP contribution is 2.07. The van der Waals surface area contributed by atoms with Gasteiger partial charge in [0.15, 0.2) is 5.88 Å². The topological polar surface area (TPSA) is 32.8 Å². The zero-order chi connectivity index (χ0) is 10.6. The van der Waals surface area contributed by atoms with Crippen LogP contribution in [0, 0.1) is 0 Å². The Bertz CT molecular complexity index is 220. The predicted octanol–water partition coefficient (Wildman–Crippen LogP) is 0.311. The number of carbonyl (C=O) groups is 1. The second-order valence-corrected chi connectivity index (χ2v) is 3.56. The number of rotatable bonds is 4. The van der Waals surface area contributed by atoms with Crippen LogP contribution in [0.15, 0.2) is 12.5 Å². The van der Waals surface area contributed by atoms with Crippen LogP contribution >= 0.6 is 0 Å². The first-order valence-electron chi connectivity index (χ1n) is 4.83. The maximum atomic E-state index is 10.9. The molecule has 0 aliphatic carbocycles. The number of methoxy groups -OCH3 is 1. The van der Waals surface area contributed by atoms with Crippen LogP contribution in [0.2, 0.25) is 0 Å². The minimum absolute atomic E-state index is 0.226. The Morgan fingerprint density at radius 2 is 1.93 bits per heavy atom. The Hall–Kier alpha value is -1.03. The van der Waals surface area contributed by atoms with Gasteiger partial charge in [-0.15, -0.1) is 0 Å². The first kappa shape index (κ1) is 11.0. The van der Waals surface area contributed by atoms with Gasteiger partial charge in [-0.3, -0.25) is 9.69 Å². The average Bonchev–Trinajstić information content (AvgIpc) is 2.17. The summed E-state index contributed by atoms with van der Waals surface area (Å²) in [4.78, 5) is 15.1. The van der Waals surface area contributed by atoms with E-state index in [0.717, 1.165) is 26.2 Å². The van der Waals surface area contributed by atoms with E-state index in [4.69, 9.17) is 4.74 Å². The lowest BCUT2D eigenvalue weighted by molar-refractivity contribution is -0.118. The van der Waals surface area contributed by atoms with Gasteiger partial charge >= 0.3 is 0 Å². The molecule has 0 bridgehead atoms. The highest BCUT2D eigenvalue weighted by molar-refractivity contribution is 5.77. The summed E-state index contributed by atoms with van der Waals surface area (Å²) in [5.41, 5.74) is 0. The molecule has 1 rings (SSSR count). The lowest BCUT2D eigenvalue weighted by Gasteiger charge is -2.35. The van der Waals surface area contributed by atoms with Gasteiger partial charge in [0.05, 0.1) is 13.7 Å². The summed E-state index contributed by atoms with van der Waals surface area (Å²) < 4.78 is 5.05. The molecule has 4 heteroatoms. The van der Waals surface area contributed by atoms with Gasteiger partial charge in [0.2, 0.25) is 0 Å². The van der Waals surface area contributed by atoms with Gasteiger partial charge in [0.25, 0.3) is 0 Å². The molecule has 0 amide bonds. The summed E-state index contributed by atoms with van der Waals surface area (Å²) in [6.45, 7) is 9.58. The van der Waals surface area contributed by atoms with Crippen LogP contribution in [0.5, 0.6) is 0 Å². The van der Waals surface area contributed by atoms with Crippen LogP contribution in [-0.2, 0) is 9.53 Å². The average molecular weight is 198 g/mol. The maximum Gasteiger partial charge on any atom is 0.181 e. The molecule has 1 saturated heterocycles. The van der Waals surface area contributed by atoms with E-state index in [1.807, 2.05) is 0 Å². The maximum absolute atomic E-state index is 10.9. The van der Waals surface area contributed by atoms with Gasteiger partial charge in [-0.25, -0.2) is 0 Å². The summed E-state index contributed by atoms with van der Waals surface area (Å²) in [5, 5.41) is 0. The zero-order valence-corrected chi connectivity index (χ0v) is 8.95. The number of nitrogens with zero attached hydrogens (tertiary/aromatic N) is 2. The molecular formula is C10H18N2O2. The number of ketones is 1. The summed E-state index contributed by atoms with van der Waals surface area (Å²) >= 11 is 0. The minimum Gasteiger partial charge on any atom is -0.483 e. The van der Waals surface area contributed by atoms with Gasteiger partial charge in [-0.05, 0) is 13.5 Å². The third-order valence-electron chi connectivity index (χ3n) is 2.41. The normalized spacial score (nSPS) is 18.0. The summed E-state index contributed by atoms with van der Waals surface area (Å²) in [5.74, 6) is 0.941. The molecule has 0 atom stereocenters. The van der Waals surface area contributed by atoms with Crippen molar-refractivity contribution < 1.29 is 9.53 Å². The van der Waals surface area contributed by atoms with Crippen LogP contribution in [0.3, 0.4) is 0 Å². The second-order valence-electron chi connectivity index (χ2n) is 3.56. The van der Waals surface area contributed by atoms with Gasteiger partial charge in [-0.1, -0.05) is 0 Å². The van der Waals surface area contributed by atoms with E-state index >= 15 is 0 Å². The minimum atomic E-state index is 0.226. The molecule has 4 nitrogen and oxygen atoms in total. The smallest absolute Gasteiger partial charge is 0.181 e. The van der Waals surface area contributed by atoms with Gasteiger partial charge in [0, 0.05) is 26.2 Å². The zero-order valence-electron chi connectivity index (χ0n) is 8.95. The van der Waals surface area contributed by atoms with E-state index in [2.05, 4.69) is 16.4 Å². The van der Waals surface area contributed by atoms with Crippen LogP contribution in [0.25, 0.3) is 0 Å². The monoisotopic (exact) mass is 198 g/mol. The summed E-state index contributed by atoms with van der Waals surface area (Å²) in [7, 11) is 1.63. The molecule has 1 aliphatic rings. The lowest BCUT2D eigenvalue weighted by atomic mass is 10.3. The van der Waals surface area contributed by atoms with Crippen molar-refractivity contribution in [1.82, 2.24) is 9.80 Å². The first-order chi connectivity index (χ1) is 6.63. The van der Waals surface area contributed by atoms with Crippen molar-refractivity contribution in [3.63, 3.8) is 0 Å². The number of hydrogen-bond acceptors (Lipinski definition) is 4. The molecular weight excluding hydrogens is 180 g/mol. The molecule has 0 N–H and O–H groups in total. The molecule has 1 aliphatic heterocycles. The lowest BCUT2D eigenvalue weighted by Crippen LogP contribution is -2.47. The van der Waals surface area contributed by atoms with E-state index < -0.39 is 0 Å². The predicted molar refractivity (Wildman–Crippen MR) is 54.8 cm³/mol. The summed E-state index contributed by atoms with van der Waals surface area (Å²) in [6, 6.07) is 0. The molecule has 0 saturated carbocycles. The SMILES string of the molecule is C=C(OC)N1CCN(CC(C)=O)CC1. The number of Topliss-reactive ketones (excluding diaryl/α,β-unsaturated/α-hetero) is 1. The fraction of sp³-hybridized carbons (Fsp3) is 0.700. The van der Waals surface area contributed by atoms with Crippen molar-refractivity contribution in [2.24, 2.45) is 0 Å². The number of carbonyl (C=O) groups excluding carboxylic acids is 1. The Labute approximate surface area is 85.1 Å². The molecule has 0 spiro atoms. The molecule has 1 heterocycles. The molecule has 0 aromatic rings. The van der Waals surface area contributed by atoms with E-state index in [1.165, 1.54) is 0 Å². The third-order valence-corrected chi connectivity index (χ3v) is 2.41. The number of piperazine rings is 1. The molecule has 0 aromatic carbocycles. The third kappa shape index (κ3) is 3.03. The van der Waals surface area contributed by atoms with Crippen LogP contribution in [0.4, 0.5) is 0 Å². The number of hydrogen-bond donors (Lipinski definition) is 0. The van der Waals surface area contributed by atoms with Crippen LogP contribution in [-0.4, -0.2) is 55.4 Å². The van der Waals surface area contributed by atoms with E-state index in [9.17, 15) is 4.79 Å². The summed E-state index contributed by atoms with van der Waals surface area (Å²) in [6.07, 6.45) is 0. The van der Waals surface area contributed by atoms with E-state index in [-0.39, 0.29) is 5.78 Å². The number of ether oxygens (including phenoxy) is 1. The Balaban J connectivity index is 2.31. The Morgan fingerprint density at radius 3 is 2.36 bits per heavy atom. The molecule has 0 radical (unpaired) electrons. The molecule has 1 fully saturated rings. The van der Waals surface area contributed by atoms with Crippen molar-refractivity contribution in [3.8, 4) is 0 Å². The largest absolute Gasteiger partial charge is 0.483 e. The van der Waals surface area contributed by atoms with Crippen molar-refractivity contribution in [1.29, 1.82) is 0 Å². The van der Waals surface area contributed by atoms with Gasteiger partial charge in [0.1, 0.15) is 5.78 Å². The molecule has 14 heavy (non-hydrogen) atoms. The fourth-order valence-corrected chi connectivity index (χ4v) is 1.60. The molecule has 80 valence electrons. The van der Waals surface area contributed by atoms with Gasteiger partial charge in [-0.2, -0.15) is 0 Å². The van der Waals surface area contributed by atoms with Gasteiger partial charge < -0.3 is 9.64 Å². The van der Waals surface area contributed by atoms with Crippen LogP contribution < -0.4 is 0 Å². The standard InChI is InChI=1S/C10H18N2O2/c1-9(13)8-11-4-6-12(7-5-11)10(2)14-3/h2,4-8H2,1,3H3. The Morgan fingerprint density at radius 1 is 1.36 bits per heavy atom. The molecule has 0 unspecified atom stereocenters. The second kappa shape index (κ2) is 5.00. The first-order valence-corrected chi connectivity index (χ1v) is 4.83.